The molecule has 0 saturated carbocycles. The van der Waals surface area contributed by atoms with E-state index in [0.717, 1.165) is 11.8 Å². The molecule has 0 bridgehead atoms. The second-order valence-electron chi connectivity index (χ2n) is 2.45. The van der Waals surface area contributed by atoms with Gasteiger partial charge < -0.3 is 4.79 Å². The SMILES string of the molecule is O=CCCc1ccc(F)c(Cl)c1. The van der Waals surface area contributed by atoms with E-state index < -0.39 is 5.82 Å². The average molecular weight is 187 g/mol. The van der Waals surface area contributed by atoms with Gasteiger partial charge in [0.15, 0.2) is 0 Å². The molecule has 0 aliphatic heterocycles. The number of rotatable bonds is 3. The van der Waals surface area contributed by atoms with Gasteiger partial charge in [0.2, 0.25) is 0 Å². The van der Waals surface area contributed by atoms with Crippen molar-refractivity contribution in [3.8, 4) is 0 Å². The minimum Gasteiger partial charge on any atom is -0.303 e. The predicted octanol–water partition coefficient (Wildman–Crippen LogP) is 2.61. The topological polar surface area (TPSA) is 17.1 Å². The Labute approximate surface area is 75.2 Å². The highest BCUT2D eigenvalue weighted by atomic mass is 35.5. The molecule has 1 rings (SSSR count). The van der Waals surface area contributed by atoms with E-state index in [4.69, 9.17) is 11.6 Å². The Bertz CT molecular complexity index is 286. The first-order valence-corrected chi connectivity index (χ1v) is 3.99. The van der Waals surface area contributed by atoms with Crippen LogP contribution in [-0.4, -0.2) is 6.29 Å². The van der Waals surface area contributed by atoms with Gasteiger partial charge in [0.25, 0.3) is 0 Å². The fourth-order valence-corrected chi connectivity index (χ4v) is 1.12. The van der Waals surface area contributed by atoms with Crippen LogP contribution >= 0.6 is 11.6 Å². The van der Waals surface area contributed by atoms with Crippen LogP contribution in [0.15, 0.2) is 18.2 Å². The molecule has 0 aromatic heterocycles. The van der Waals surface area contributed by atoms with Gasteiger partial charge in [-0.25, -0.2) is 4.39 Å². The van der Waals surface area contributed by atoms with Gasteiger partial charge in [-0.2, -0.15) is 0 Å². The van der Waals surface area contributed by atoms with Gasteiger partial charge >= 0.3 is 0 Å². The third-order valence-electron chi connectivity index (χ3n) is 1.53. The zero-order valence-electron chi connectivity index (χ0n) is 6.39. The molecule has 1 aromatic carbocycles. The molecule has 0 atom stereocenters. The Kier molecular flexibility index (Phi) is 3.23. The molecule has 12 heavy (non-hydrogen) atoms. The summed E-state index contributed by atoms with van der Waals surface area (Å²) < 4.78 is 12.6. The summed E-state index contributed by atoms with van der Waals surface area (Å²) in [5.41, 5.74) is 0.883. The maximum atomic E-state index is 12.6. The molecule has 0 N–H and O–H groups in total. The molecule has 0 heterocycles. The molecule has 0 spiro atoms. The number of hydrogen-bond donors (Lipinski definition) is 0. The Hall–Kier alpha value is -0.890. The van der Waals surface area contributed by atoms with E-state index in [0.29, 0.717) is 12.8 Å². The monoisotopic (exact) mass is 186 g/mol. The molecule has 0 fully saturated rings. The molecule has 64 valence electrons. The van der Waals surface area contributed by atoms with Crippen molar-refractivity contribution < 1.29 is 9.18 Å². The molecule has 0 saturated heterocycles. The van der Waals surface area contributed by atoms with E-state index in [-0.39, 0.29) is 5.02 Å². The van der Waals surface area contributed by atoms with Crippen molar-refractivity contribution in [1.29, 1.82) is 0 Å². The molecule has 0 amide bonds. The van der Waals surface area contributed by atoms with E-state index >= 15 is 0 Å². The summed E-state index contributed by atoms with van der Waals surface area (Å²) in [7, 11) is 0. The van der Waals surface area contributed by atoms with Crippen LogP contribution in [0.4, 0.5) is 4.39 Å². The number of aldehydes is 1. The van der Waals surface area contributed by atoms with Crippen LogP contribution in [0.2, 0.25) is 5.02 Å². The lowest BCUT2D eigenvalue weighted by Crippen LogP contribution is -1.87. The summed E-state index contributed by atoms with van der Waals surface area (Å²) in [5.74, 6) is -0.425. The van der Waals surface area contributed by atoms with Crippen molar-refractivity contribution in [2.75, 3.05) is 0 Å². The molecule has 1 nitrogen and oxygen atoms in total. The van der Waals surface area contributed by atoms with Gasteiger partial charge in [-0.3, -0.25) is 0 Å². The summed E-state index contributed by atoms with van der Waals surface area (Å²) in [6.07, 6.45) is 1.89. The summed E-state index contributed by atoms with van der Waals surface area (Å²) in [4.78, 5) is 10.0. The summed E-state index contributed by atoms with van der Waals surface area (Å²) in [6.45, 7) is 0. The number of hydrogen-bond acceptors (Lipinski definition) is 1. The Morgan fingerprint density at radius 3 is 2.83 bits per heavy atom. The van der Waals surface area contributed by atoms with E-state index in [9.17, 15) is 9.18 Å². The van der Waals surface area contributed by atoms with Crippen LogP contribution in [-0.2, 0) is 11.2 Å². The quantitative estimate of drug-likeness (QED) is 0.664. The lowest BCUT2D eigenvalue weighted by Gasteiger charge is -1.98. The summed E-state index contributed by atoms with van der Waals surface area (Å²) in [5, 5.41) is 0.110. The second kappa shape index (κ2) is 4.21. The number of benzene rings is 1. The van der Waals surface area contributed by atoms with Crippen LogP contribution in [0.3, 0.4) is 0 Å². The van der Waals surface area contributed by atoms with E-state index in [2.05, 4.69) is 0 Å². The molecule has 3 heteroatoms. The van der Waals surface area contributed by atoms with Gasteiger partial charge in [-0.1, -0.05) is 17.7 Å². The Morgan fingerprint density at radius 2 is 2.25 bits per heavy atom. The van der Waals surface area contributed by atoms with Crippen LogP contribution in [0.1, 0.15) is 12.0 Å². The highest BCUT2D eigenvalue weighted by molar-refractivity contribution is 6.30. The van der Waals surface area contributed by atoms with Crippen molar-refractivity contribution in [3.05, 3.63) is 34.6 Å². The van der Waals surface area contributed by atoms with Crippen LogP contribution in [0, 0.1) is 5.82 Å². The minimum absolute atomic E-state index is 0.110. The van der Waals surface area contributed by atoms with Gasteiger partial charge in [0.05, 0.1) is 5.02 Å². The third kappa shape index (κ3) is 2.31. The summed E-state index contributed by atoms with van der Waals surface area (Å²) in [6, 6.07) is 4.48. The van der Waals surface area contributed by atoms with Crippen molar-refractivity contribution in [3.63, 3.8) is 0 Å². The number of halogens is 2. The van der Waals surface area contributed by atoms with Crippen molar-refractivity contribution in [1.82, 2.24) is 0 Å². The molecule has 1 aromatic rings. The van der Waals surface area contributed by atoms with Crippen molar-refractivity contribution >= 4 is 17.9 Å². The van der Waals surface area contributed by atoms with Gasteiger partial charge in [-0.15, -0.1) is 0 Å². The lowest BCUT2D eigenvalue weighted by atomic mass is 10.1. The maximum absolute atomic E-state index is 12.6. The standard InChI is InChI=1S/C9H8ClFO/c10-8-6-7(2-1-5-12)3-4-9(8)11/h3-6H,1-2H2. The maximum Gasteiger partial charge on any atom is 0.141 e. The van der Waals surface area contributed by atoms with Crippen molar-refractivity contribution in [2.45, 2.75) is 12.8 Å². The zero-order chi connectivity index (χ0) is 8.97. The van der Waals surface area contributed by atoms with Crippen LogP contribution in [0.25, 0.3) is 0 Å². The van der Waals surface area contributed by atoms with Gasteiger partial charge in [0.1, 0.15) is 12.1 Å². The molecule has 0 radical (unpaired) electrons. The molecule has 0 unspecified atom stereocenters. The number of carbonyl (C=O) groups is 1. The first-order chi connectivity index (χ1) is 5.74. The highest BCUT2D eigenvalue weighted by Crippen LogP contribution is 2.16. The van der Waals surface area contributed by atoms with Crippen molar-refractivity contribution in [2.24, 2.45) is 0 Å². The van der Waals surface area contributed by atoms with E-state index in [1.807, 2.05) is 0 Å². The molecule has 0 aliphatic rings. The Morgan fingerprint density at radius 1 is 1.50 bits per heavy atom. The minimum atomic E-state index is -0.425. The van der Waals surface area contributed by atoms with Crippen LogP contribution < -0.4 is 0 Å². The fraction of sp³-hybridized carbons (Fsp3) is 0.222. The third-order valence-corrected chi connectivity index (χ3v) is 1.82. The molecular weight excluding hydrogens is 179 g/mol. The zero-order valence-corrected chi connectivity index (χ0v) is 7.14. The van der Waals surface area contributed by atoms with Gasteiger partial charge in [0, 0.05) is 6.42 Å². The Balaban J connectivity index is 2.75. The largest absolute Gasteiger partial charge is 0.303 e. The highest BCUT2D eigenvalue weighted by Gasteiger charge is 1.99. The van der Waals surface area contributed by atoms with Crippen LogP contribution in [0.5, 0.6) is 0 Å². The van der Waals surface area contributed by atoms with Gasteiger partial charge in [-0.05, 0) is 24.1 Å². The number of carbonyl (C=O) groups excluding carboxylic acids is 1. The predicted molar refractivity (Wildman–Crippen MR) is 45.8 cm³/mol. The first-order valence-electron chi connectivity index (χ1n) is 3.61. The molecule has 0 aliphatic carbocycles. The first kappa shape index (κ1) is 9.20. The van der Waals surface area contributed by atoms with E-state index in [1.54, 1.807) is 12.1 Å². The summed E-state index contributed by atoms with van der Waals surface area (Å²) >= 11 is 5.53. The average Bonchev–Trinajstić information content (AvgIpc) is 2.07. The lowest BCUT2D eigenvalue weighted by molar-refractivity contribution is -0.107. The smallest absolute Gasteiger partial charge is 0.141 e. The second-order valence-corrected chi connectivity index (χ2v) is 2.86. The fourth-order valence-electron chi connectivity index (χ4n) is 0.921. The van der Waals surface area contributed by atoms with E-state index in [1.165, 1.54) is 6.07 Å². The molecular formula is C9H8ClFO. The normalized spacial score (nSPS) is 9.83. The number of aryl methyl sites for hydroxylation is 1.